The maximum Gasteiger partial charge on any atom is 0.243 e. The SMILES string of the molecule is COC(C)CNS(=O)(=O)c1ccc(F)c(CCl)c1F. The van der Waals surface area contributed by atoms with Crippen molar-refractivity contribution < 1.29 is 21.9 Å². The van der Waals surface area contributed by atoms with Crippen molar-refractivity contribution >= 4 is 21.6 Å². The van der Waals surface area contributed by atoms with Gasteiger partial charge in [-0.3, -0.25) is 0 Å². The van der Waals surface area contributed by atoms with Gasteiger partial charge in [0, 0.05) is 19.2 Å². The second kappa shape index (κ2) is 6.60. The fourth-order valence-corrected chi connectivity index (χ4v) is 2.76. The summed E-state index contributed by atoms with van der Waals surface area (Å²) in [5.74, 6) is -2.50. The highest BCUT2D eigenvalue weighted by Crippen LogP contribution is 2.22. The zero-order chi connectivity index (χ0) is 14.6. The molecule has 1 atom stereocenters. The molecule has 1 aromatic carbocycles. The van der Waals surface area contributed by atoms with E-state index in [-0.39, 0.29) is 12.6 Å². The van der Waals surface area contributed by atoms with Gasteiger partial charge in [-0.15, -0.1) is 11.6 Å². The average Bonchev–Trinajstić information content (AvgIpc) is 2.36. The molecule has 8 heteroatoms. The molecule has 4 nitrogen and oxygen atoms in total. The van der Waals surface area contributed by atoms with Gasteiger partial charge in [0.15, 0.2) is 5.82 Å². The van der Waals surface area contributed by atoms with Crippen LogP contribution in [0.5, 0.6) is 0 Å². The van der Waals surface area contributed by atoms with Gasteiger partial charge in [-0.1, -0.05) is 0 Å². The molecule has 0 bridgehead atoms. The van der Waals surface area contributed by atoms with E-state index in [1.54, 1.807) is 6.92 Å². The number of rotatable bonds is 6. The lowest BCUT2D eigenvalue weighted by molar-refractivity contribution is 0.122. The van der Waals surface area contributed by atoms with Crippen molar-refractivity contribution in [1.29, 1.82) is 0 Å². The summed E-state index contributed by atoms with van der Waals surface area (Å²) in [4.78, 5) is -0.632. The van der Waals surface area contributed by atoms with Crippen LogP contribution in [0.2, 0.25) is 0 Å². The van der Waals surface area contributed by atoms with Gasteiger partial charge in [-0.05, 0) is 19.1 Å². The van der Waals surface area contributed by atoms with E-state index < -0.39 is 38.0 Å². The third-order valence-electron chi connectivity index (χ3n) is 2.54. The summed E-state index contributed by atoms with van der Waals surface area (Å²) in [5, 5.41) is 0. The van der Waals surface area contributed by atoms with Gasteiger partial charge >= 0.3 is 0 Å². The third kappa shape index (κ3) is 3.85. The highest BCUT2D eigenvalue weighted by molar-refractivity contribution is 7.89. The molecule has 1 aromatic rings. The Morgan fingerprint density at radius 1 is 1.42 bits per heavy atom. The zero-order valence-corrected chi connectivity index (χ0v) is 12.0. The zero-order valence-electron chi connectivity index (χ0n) is 10.4. The van der Waals surface area contributed by atoms with Crippen LogP contribution >= 0.6 is 11.6 Å². The summed E-state index contributed by atoms with van der Waals surface area (Å²) in [6.07, 6.45) is -0.370. The van der Waals surface area contributed by atoms with Gasteiger partial charge in [-0.2, -0.15) is 0 Å². The van der Waals surface area contributed by atoms with Crippen LogP contribution in [0.25, 0.3) is 0 Å². The maximum absolute atomic E-state index is 13.9. The van der Waals surface area contributed by atoms with E-state index in [1.165, 1.54) is 7.11 Å². The number of hydrogen-bond acceptors (Lipinski definition) is 3. The van der Waals surface area contributed by atoms with Crippen LogP contribution in [0.4, 0.5) is 8.78 Å². The Morgan fingerprint density at radius 3 is 2.58 bits per heavy atom. The molecule has 0 saturated carbocycles. The van der Waals surface area contributed by atoms with Gasteiger partial charge < -0.3 is 4.74 Å². The Balaban J connectivity index is 3.09. The summed E-state index contributed by atoms with van der Waals surface area (Å²) >= 11 is 5.39. The molecule has 1 N–H and O–H groups in total. The molecule has 0 amide bonds. The van der Waals surface area contributed by atoms with Crippen molar-refractivity contribution in [2.45, 2.75) is 23.8 Å². The molecule has 0 aromatic heterocycles. The summed E-state index contributed by atoms with van der Waals surface area (Å²) in [6, 6.07) is 1.73. The molecule has 0 saturated heterocycles. The normalized spacial score (nSPS) is 13.5. The van der Waals surface area contributed by atoms with Crippen LogP contribution in [-0.4, -0.2) is 28.2 Å². The minimum atomic E-state index is -4.08. The molecule has 0 aliphatic rings. The Kier molecular flexibility index (Phi) is 5.66. The summed E-state index contributed by atoms with van der Waals surface area (Å²) in [5.41, 5.74) is -0.468. The van der Waals surface area contributed by atoms with Crippen LogP contribution in [0.1, 0.15) is 12.5 Å². The number of benzene rings is 1. The first kappa shape index (κ1) is 16.3. The second-order valence-corrected chi connectivity index (χ2v) is 5.87. The molecule has 1 rings (SSSR count). The minimum Gasteiger partial charge on any atom is -0.380 e. The maximum atomic E-state index is 13.9. The van der Waals surface area contributed by atoms with E-state index in [1.807, 2.05) is 0 Å². The number of methoxy groups -OCH3 is 1. The number of halogens is 3. The van der Waals surface area contributed by atoms with Crippen molar-refractivity contribution in [2.24, 2.45) is 0 Å². The van der Waals surface area contributed by atoms with E-state index >= 15 is 0 Å². The van der Waals surface area contributed by atoms with Crippen molar-refractivity contribution in [3.8, 4) is 0 Å². The quantitative estimate of drug-likeness (QED) is 0.818. The van der Waals surface area contributed by atoms with E-state index in [0.717, 1.165) is 12.1 Å². The molecule has 0 spiro atoms. The van der Waals surface area contributed by atoms with Gasteiger partial charge in [0.25, 0.3) is 0 Å². The van der Waals surface area contributed by atoms with E-state index in [0.29, 0.717) is 0 Å². The van der Waals surface area contributed by atoms with Gasteiger partial charge in [0.2, 0.25) is 10.0 Å². The topological polar surface area (TPSA) is 55.4 Å². The molecule has 0 fully saturated rings. The lowest BCUT2D eigenvalue weighted by atomic mass is 10.2. The van der Waals surface area contributed by atoms with Crippen molar-refractivity contribution in [2.75, 3.05) is 13.7 Å². The Labute approximate surface area is 115 Å². The lowest BCUT2D eigenvalue weighted by Crippen LogP contribution is -2.32. The fourth-order valence-electron chi connectivity index (χ4n) is 1.29. The van der Waals surface area contributed by atoms with Gasteiger partial charge in [-0.25, -0.2) is 21.9 Å². The molecule has 108 valence electrons. The smallest absolute Gasteiger partial charge is 0.243 e. The molecule has 0 heterocycles. The van der Waals surface area contributed by atoms with E-state index in [2.05, 4.69) is 4.72 Å². The second-order valence-electron chi connectivity index (χ2n) is 3.87. The summed E-state index contributed by atoms with van der Waals surface area (Å²) in [6.45, 7) is 1.62. The minimum absolute atomic E-state index is 0.0220. The van der Waals surface area contributed by atoms with E-state index in [4.69, 9.17) is 16.3 Å². The standard InChI is InChI=1S/C11H14ClF2NO3S/c1-7(18-2)6-15-19(16,17)10-4-3-9(13)8(5-12)11(10)14/h3-4,7,15H,5-6H2,1-2H3. The van der Waals surface area contributed by atoms with Crippen LogP contribution in [0.3, 0.4) is 0 Å². The van der Waals surface area contributed by atoms with Gasteiger partial charge in [0.1, 0.15) is 10.7 Å². The predicted molar refractivity (Wildman–Crippen MR) is 67.6 cm³/mol. The molecule has 19 heavy (non-hydrogen) atoms. The fraction of sp³-hybridized carbons (Fsp3) is 0.455. The molecular formula is C11H14ClF2NO3S. The largest absolute Gasteiger partial charge is 0.380 e. The number of sulfonamides is 1. The first-order chi connectivity index (χ1) is 8.83. The van der Waals surface area contributed by atoms with Gasteiger partial charge in [0.05, 0.1) is 12.0 Å². The third-order valence-corrected chi connectivity index (χ3v) is 4.25. The average molecular weight is 314 g/mol. The molecule has 0 aliphatic heterocycles. The Bertz CT molecular complexity index is 551. The number of ether oxygens (including phenoxy) is 1. The predicted octanol–water partition coefficient (Wildman–Crippen LogP) is 2.02. The van der Waals surface area contributed by atoms with Crippen LogP contribution in [0.15, 0.2) is 17.0 Å². The van der Waals surface area contributed by atoms with Crippen LogP contribution in [-0.2, 0) is 20.6 Å². The number of alkyl halides is 1. The van der Waals surface area contributed by atoms with Crippen molar-refractivity contribution in [3.05, 3.63) is 29.3 Å². The molecule has 1 unspecified atom stereocenters. The van der Waals surface area contributed by atoms with Crippen LogP contribution < -0.4 is 4.72 Å². The molecular weight excluding hydrogens is 300 g/mol. The first-order valence-electron chi connectivity index (χ1n) is 5.38. The van der Waals surface area contributed by atoms with E-state index in [9.17, 15) is 17.2 Å². The Morgan fingerprint density at radius 2 is 2.05 bits per heavy atom. The highest BCUT2D eigenvalue weighted by atomic mass is 35.5. The highest BCUT2D eigenvalue weighted by Gasteiger charge is 2.23. The summed E-state index contributed by atoms with van der Waals surface area (Å²) in [7, 11) is -2.66. The lowest BCUT2D eigenvalue weighted by Gasteiger charge is -2.13. The van der Waals surface area contributed by atoms with Crippen molar-refractivity contribution in [3.63, 3.8) is 0 Å². The number of hydrogen-bond donors (Lipinski definition) is 1. The molecule has 0 radical (unpaired) electrons. The number of nitrogens with one attached hydrogen (secondary N) is 1. The molecule has 0 aliphatic carbocycles. The Hall–Kier alpha value is -0.760. The summed E-state index contributed by atoms with van der Waals surface area (Å²) < 4.78 is 57.9. The van der Waals surface area contributed by atoms with Crippen molar-refractivity contribution in [1.82, 2.24) is 4.72 Å². The van der Waals surface area contributed by atoms with Crippen LogP contribution in [0, 0.1) is 11.6 Å². The monoisotopic (exact) mass is 313 g/mol. The first-order valence-corrected chi connectivity index (χ1v) is 7.40.